The molecule has 3 aliphatic carbocycles. The van der Waals surface area contributed by atoms with Gasteiger partial charge in [-0.05, 0) is 93.5 Å². The van der Waals surface area contributed by atoms with E-state index >= 15 is 0 Å². The summed E-state index contributed by atoms with van der Waals surface area (Å²) in [4.78, 5) is 0. The zero-order valence-electron chi connectivity index (χ0n) is 14.4. The van der Waals surface area contributed by atoms with E-state index in [1.165, 1.54) is 38.8 Å². The first-order valence-electron chi connectivity index (χ1n) is 10.0. The largest absolute Gasteiger partial charge is 0.316 e. The van der Waals surface area contributed by atoms with Crippen LogP contribution in [-0.2, 0) is 0 Å². The molecule has 2 bridgehead atoms. The average molecular weight is 292 g/mol. The molecule has 0 saturated heterocycles. The first kappa shape index (κ1) is 15.8. The van der Waals surface area contributed by atoms with E-state index in [-0.39, 0.29) is 0 Å². The van der Waals surface area contributed by atoms with Gasteiger partial charge in [0.2, 0.25) is 0 Å². The summed E-state index contributed by atoms with van der Waals surface area (Å²) in [6.07, 6.45) is 15.1. The molecule has 0 aromatic rings. The lowest BCUT2D eigenvalue weighted by atomic mass is 9.68. The van der Waals surface area contributed by atoms with Gasteiger partial charge in [-0.15, -0.1) is 0 Å². The summed E-state index contributed by atoms with van der Waals surface area (Å²) in [6.45, 7) is 7.22. The third-order valence-corrected chi connectivity index (χ3v) is 7.15. The lowest BCUT2D eigenvalue weighted by Crippen LogP contribution is -2.35. The second-order valence-corrected chi connectivity index (χ2v) is 8.48. The molecule has 0 spiro atoms. The highest BCUT2D eigenvalue weighted by atomic mass is 14.9. The van der Waals surface area contributed by atoms with Crippen molar-refractivity contribution in [1.82, 2.24) is 5.32 Å². The fraction of sp³-hybridized carbons (Fsp3) is 1.00. The van der Waals surface area contributed by atoms with E-state index in [2.05, 4.69) is 19.2 Å². The number of fused-ring (bicyclic) bond motifs is 2. The van der Waals surface area contributed by atoms with E-state index in [1.807, 2.05) is 0 Å². The molecule has 0 radical (unpaired) electrons. The Kier molecular flexibility index (Phi) is 5.65. The molecule has 0 aromatic carbocycles. The smallest absolute Gasteiger partial charge is 0.00179 e. The van der Waals surface area contributed by atoms with Crippen LogP contribution in [0.3, 0.4) is 0 Å². The highest BCUT2D eigenvalue weighted by molar-refractivity contribution is 4.92. The highest BCUT2D eigenvalue weighted by Gasteiger charge is 2.41. The molecule has 1 N–H and O–H groups in total. The summed E-state index contributed by atoms with van der Waals surface area (Å²) in [6, 6.07) is 0. The molecule has 6 unspecified atom stereocenters. The maximum Gasteiger partial charge on any atom is -0.00179 e. The van der Waals surface area contributed by atoms with Crippen LogP contribution in [0.2, 0.25) is 0 Å². The zero-order chi connectivity index (χ0) is 14.7. The van der Waals surface area contributed by atoms with Crippen LogP contribution in [0, 0.1) is 35.5 Å². The Morgan fingerprint density at radius 1 is 0.857 bits per heavy atom. The van der Waals surface area contributed by atoms with Crippen LogP contribution in [0.4, 0.5) is 0 Å². The minimum Gasteiger partial charge on any atom is -0.316 e. The van der Waals surface area contributed by atoms with Crippen molar-refractivity contribution in [2.75, 3.05) is 13.1 Å². The lowest BCUT2D eigenvalue weighted by Gasteiger charge is -2.39. The van der Waals surface area contributed by atoms with E-state index in [1.54, 1.807) is 38.5 Å². The number of hydrogen-bond acceptors (Lipinski definition) is 1. The quantitative estimate of drug-likeness (QED) is 0.631. The van der Waals surface area contributed by atoms with Gasteiger partial charge >= 0.3 is 0 Å². The summed E-state index contributed by atoms with van der Waals surface area (Å²) >= 11 is 0. The molecule has 0 amide bonds. The predicted molar refractivity (Wildman–Crippen MR) is 91.3 cm³/mol. The molecule has 21 heavy (non-hydrogen) atoms. The Balaban J connectivity index is 1.54. The standard InChI is InChI=1S/C20H37N/c1-3-9-21-14-18-8-5-15(4-2)10-20(18)13-19-12-16-6-7-17(19)11-16/h15-21H,3-14H2,1-2H3. The van der Waals surface area contributed by atoms with Crippen LogP contribution in [0.1, 0.15) is 78.1 Å². The van der Waals surface area contributed by atoms with E-state index in [9.17, 15) is 0 Å². The van der Waals surface area contributed by atoms with Crippen molar-refractivity contribution in [3.63, 3.8) is 0 Å². The number of rotatable bonds is 7. The van der Waals surface area contributed by atoms with Gasteiger partial charge in [-0.2, -0.15) is 0 Å². The van der Waals surface area contributed by atoms with Crippen molar-refractivity contribution in [2.24, 2.45) is 35.5 Å². The summed E-state index contributed by atoms with van der Waals surface area (Å²) in [5.74, 6) is 6.42. The van der Waals surface area contributed by atoms with Gasteiger partial charge < -0.3 is 5.32 Å². The minimum atomic E-state index is 0.985. The Morgan fingerprint density at radius 2 is 1.76 bits per heavy atom. The molecule has 3 aliphatic rings. The molecular formula is C20H37N. The van der Waals surface area contributed by atoms with Crippen LogP contribution in [-0.4, -0.2) is 13.1 Å². The number of hydrogen-bond donors (Lipinski definition) is 1. The Labute approximate surface area is 132 Å². The Hall–Kier alpha value is -0.0400. The predicted octanol–water partition coefficient (Wildman–Crippen LogP) is 5.25. The van der Waals surface area contributed by atoms with Gasteiger partial charge in [0, 0.05) is 0 Å². The van der Waals surface area contributed by atoms with Crippen LogP contribution < -0.4 is 5.32 Å². The second-order valence-electron chi connectivity index (χ2n) is 8.48. The normalized spacial score (nSPS) is 42.6. The summed E-state index contributed by atoms with van der Waals surface area (Å²) in [5.41, 5.74) is 0. The summed E-state index contributed by atoms with van der Waals surface area (Å²) in [7, 11) is 0. The van der Waals surface area contributed by atoms with Crippen molar-refractivity contribution < 1.29 is 0 Å². The first-order valence-corrected chi connectivity index (χ1v) is 10.0. The van der Waals surface area contributed by atoms with Gasteiger partial charge in [-0.25, -0.2) is 0 Å². The first-order chi connectivity index (χ1) is 10.3. The molecule has 122 valence electrons. The van der Waals surface area contributed by atoms with Gasteiger partial charge in [-0.3, -0.25) is 0 Å². The van der Waals surface area contributed by atoms with Crippen molar-refractivity contribution in [3.05, 3.63) is 0 Å². The molecule has 6 atom stereocenters. The molecule has 0 heterocycles. The average Bonchev–Trinajstić information content (AvgIpc) is 3.11. The molecule has 1 heteroatoms. The third-order valence-electron chi connectivity index (χ3n) is 7.15. The van der Waals surface area contributed by atoms with Crippen molar-refractivity contribution in [2.45, 2.75) is 78.1 Å². The van der Waals surface area contributed by atoms with Crippen LogP contribution in [0.15, 0.2) is 0 Å². The molecule has 3 fully saturated rings. The van der Waals surface area contributed by atoms with Crippen LogP contribution in [0.25, 0.3) is 0 Å². The zero-order valence-corrected chi connectivity index (χ0v) is 14.4. The Bertz CT molecular complexity index is 311. The van der Waals surface area contributed by atoms with E-state index in [0.717, 1.165) is 35.5 Å². The van der Waals surface area contributed by atoms with Gasteiger partial charge in [0.1, 0.15) is 0 Å². The maximum atomic E-state index is 3.73. The van der Waals surface area contributed by atoms with Crippen LogP contribution in [0.5, 0.6) is 0 Å². The molecule has 1 nitrogen and oxygen atoms in total. The van der Waals surface area contributed by atoms with E-state index in [0.29, 0.717) is 0 Å². The maximum absolute atomic E-state index is 3.73. The SMILES string of the molecule is CCCNCC1CCC(CC)CC1CC1CC2CCC1C2. The molecule has 0 aromatic heterocycles. The molecule has 0 aliphatic heterocycles. The summed E-state index contributed by atoms with van der Waals surface area (Å²) in [5, 5.41) is 3.73. The summed E-state index contributed by atoms with van der Waals surface area (Å²) < 4.78 is 0. The minimum absolute atomic E-state index is 0.985. The fourth-order valence-corrected chi connectivity index (χ4v) is 5.87. The van der Waals surface area contributed by atoms with Gasteiger partial charge in [0.15, 0.2) is 0 Å². The van der Waals surface area contributed by atoms with Crippen LogP contribution >= 0.6 is 0 Å². The number of nitrogens with one attached hydrogen (secondary N) is 1. The van der Waals surface area contributed by atoms with Crippen molar-refractivity contribution >= 4 is 0 Å². The second kappa shape index (κ2) is 7.49. The van der Waals surface area contributed by atoms with Crippen molar-refractivity contribution in [1.29, 1.82) is 0 Å². The lowest BCUT2D eigenvalue weighted by molar-refractivity contribution is 0.129. The van der Waals surface area contributed by atoms with E-state index in [4.69, 9.17) is 0 Å². The van der Waals surface area contributed by atoms with Gasteiger partial charge in [0.25, 0.3) is 0 Å². The van der Waals surface area contributed by atoms with Gasteiger partial charge in [0.05, 0.1) is 0 Å². The molecular weight excluding hydrogens is 254 g/mol. The molecule has 3 saturated carbocycles. The third kappa shape index (κ3) is 3.84. The Morgan fingerprint density at radius 3 is 2.43 bits per heavy atom. The molecule has 3 rings (SSSR count). The fourth-order valence-electron chi connectivity index (χ4n) is 5.87. The highest BCUT2D eigenvalue weighted by Crippen LogP contribution is 2.52. The monoisotopic (exact) mass is 291 g/mol. The topological polar surface area (TPSA) is 12.0 Å². The van der Waals surface area contributed by atoms with E-state index < -0.39 is 0 Å². The van der Waals surface area contributed by atoms with Crippen molar-refractivity contribution in [3.8, 4) is 0 Å². The van der Waals surface area contributed by atoms with Gasteiger partial charge in [-0.1, -0.05) is 33.1 Å².